The van der Waals surface area contributed by atoms with Crippen LogP contribution in [0.15, 0.2) is 42.5 Å². The Morgan fingerprint density at radius 1 is 0.897 bits per heavy atom. The van der Waals surface area contributed by atoms with Gasteiger partial charge in [-0.2, -0.15) is 0 Å². The molecule has 216 valence electrons. The van der Waals surface area contributed by atoms with Gasteiger partial charge in [-0.05, 0) is 121 Å². The quantitative estimate of drug-likeness (QED) is 0.286. The Bertz CT molecular complexity index is 1030. The minimum Gasteiger partial charge on any atom is -0.493 e. The molecule has 1 unspecified atom stereocenters. The van der Waals surface area contributed by atoms with Gasteiger partial charge in [-0.25, -0.2) is 0 Å². The van der Waals surface area contributed by atoms with E-state index in [1.807, 2.05) is 0 Å². The lowest BCUT2D eigenvalue weighted by molar-refractivity contribution is 0.221. The lowest BCUT2D eigenvalue weighted by Gasteiger charge is -2.35. The third kappa shape index (κ3) is 9.02. The van der Waals surface area contributed by atoms with E-state index in [-0.39, 0.29) is 0 Å². The van der Waals surface area contributed by atoms with E-state index in [0.717, 1.165) is 37.8 Å². The normalized spacial score (nSPS) is 18.2. The Morgan fingerprint density at radius 2 is 1.64 bits per heavy atom. The van der Waals surface area contributed by atoms with E-state index in [1.54, 1.807) is 5.56 Å². The van der Waals surface area contributed by atoms with Crippen LogP contribution in [0.3, 0.4) is 0 Å². The molecule has 2 fully saturated rings. The Labute approximate surface area is 240 Å². The van der Waals surface area contributed by atoms with Crippen molar-refractivity contribution < 1.29 is 4.74 Å². The molecular formula is C37H57NO. The second-order valence-corrected chi connectivity index (χ2v) is 15.1. The van der Waals surface area contributed by atoms with Crippen LogP contribution in [0, 0.1) is 22.7 Å². The van der Waals surface area contributed by atoms with Crippen molar-refractivity contribution in [1.82, 2.24) is 0 Å². The number of rotatable bonds is 11. The Hall–Kier alpha value is -1.96. The first-order valence-electron chi connectivity index (χ1n) is 16.1. The van der Waals surface area contributed by atoms with Crippen molar-refractivity contribution in [3.05, 3.63) is 59.2 Å². The Balaban J connectivity index is 1.35. The van der Waals surface area contributed by atoms with E-state index in [4.69, 9.17) is 4.74 Å². The molecule has 1 aliphatic carbocycles. The summed E-state index contributed by atoms with van der Waals surface area (Å²) in [6, 6.07) is 16.4. The van der Waals surface area contributed by atoms with Gasteiger partial charge in [0.2, 0.25) is 0 Å². The first-order chi connectivity index (χ1) is 18.5. The molecule has 1 saturated carbocycles. The van der Waals surface area contributed by atoms with E-state index in [0.29, 0.717) is 22.7 Å². The zero-order valence-electron chi connectivity index (χ0n) is 26.3. The summed E-state index contributed by atoms with van der Waals surface area (Å²) < 4.78 is 6.42. The van der Waals surface area contributed by atoms with Crippen molar-refractivity contribution in [2.45, 2.75) is 119 Å². The first-order valence-corrected chi connectivity index (χ1v) is 16.1. The fourth-order valence-electron chi connectivity index (χ4n) is 6.72. The first kappa shape index (κ1) is 30.0. The molecular weight excluding hydrogens is 474 g/mol. The van der Waals surface area contributed by atoms with E-state index in [2.05, 4.69) is 95.8 Å². The maximum Gasteiger partial charge on any atom is 0.119 e. The highest BCUT2D eigenvalue weighted by Gasteiger charge is 2.27. The summed E-state index contributed by atoms with van der Waals surface area (Å²) in [6.07, 6.45) is 12.7. The van der Waals surface area contributed by atoms with Crippen molar-refractivity contribution in [1.29, 1.82) is 0 Å². The molecule has 1 saturated heterocycles. The monoisotopic (exact) mass is 531 g/mol. The average molecular weight is 532 g/mol. The van der Waals surface area contributed by atoms with Gasteiger partial charge in [0.25, 0.3) is 0 Å². The van der Waals surface area contributed by atoms with Crippen LogP contribution in [0.4, 0.5) is 5.69 Å². The molecule has 0 spiro atoms. The lowest BCUT2D eigenvalue weighted by Crippen LogP contribution is -2.36. The second-order valence-electron chi connectivity index (χ2n) is 15.1. The van der Waals surface area contributed by atoms with Crippen LogP contribution in [0.5, 0.6) is 5.75 Å². The minimum absolute atomic E-state index is 0.307. The maximum absolute atomic E-state index is 6.42. The summed E-state index contributed by atoms with van der Waals surface area (Å²) in [5.74, 6) is 3.30. The molecule has 2 nitrogen and oxygen atoms in total. The van der Waals surface area contributed by atoms with E-state index in [1.165, 1.54) is 74.6 Å². The number of nitrogens with zero attached hydrogens (tertiary/aromatic N) is 1. The molecule has 0 amide bonds. The highest BCUT2D eigenvalue weighted by Crippen LogP contribution is 2.42. The van der Waals surface area contributed by atoms with Gasteiger partial charge in [0.05, 0.1) is 6.61 Å². The molecule has 1 aliphatic heterocycles. The van der Waals surface area contributed by atoms with Crippen molar-refractivity contribution >= 4 is 5.69 Å². The third-order valence-corrected chi connectivity index (χ3v) is 9.14. The van der Waals surface area contributed by atoms with Gasteiger partial charge >= 0.3 is 0 Å². The maximum atomic E-state index is 6.42. The summed E-state index contributed by atoms with van der Waals surface area (Å²) in [7, 11) is 0. The highest BCUT2D eigenvalue weighted by molar-refractivity contribution is 5.56. The molecule has 0 bridgehead atoms. The van der Waals surface area contributed by atoms with Crippen molar-refractivity contribution in [2.24, 2.45) is 22.7 Å². The largest absolute Gasteiger partial charge is 0.493 e. The van der Waals surface area contributed by atoms with Gasteiger partial charge in [0.15, 0.2) is 0 Å². The zero-order chi connectivity index (χ0) is 28.0. The predicted molar refractivity (Wildman–Crippen MR) is 169 cm³/mol. The number of aryl methyl sites for hydroxylation is 1. The summed E-state index contributed by atoms with van der Waals surface area (Å²) in [6.45, 7) is 19.6. The second kappa shape index (κ2) is 13.1. The summed E-state index contributed by atoms with van der Waals surface area (Å²) in [4.78, 5) is 2.68. The fourth-order valence-corrected chi connectivity index (χ4v) is 6.72. The number of anilines is 1. The van der Waals surface area contributed by atoms with Crippen molar-refractivity contribution in [2.75, 3.05) is 24.6 Å². The van der Waals surface area contributed by atoms with E-state index in [9.17, 15) is 0 Å². The molecule has 0 N–H and O–H groups in total. The van der Waals surface area contributed by atoms with E-state index >= 15 is 0 Å². The van der Waals surface area contributed by atoms with Gasteiger partial charge in [0.1, 0.15) is 5.75 Å². The smallest absolute Gasteiger partial charge is 0.119 e. The number of piperidine rings is 1. The molecule has 4 rings (SSSR count). The molecule has 2 aromatic rings. The van der Waals surface area contributed by atoms with Crippen LogP contribution in [0.1, 0.15) is 122 Å². The third-order valence-electron chi connectivity index (χ3n) is 9.14. The summed E-state index contributed by atoms with van der Waals surface area (Å²) >= 11 is 0. The van der Waals surface area contributed by atoms with Gasteiger partial charge in [-0.15, -0.1) is 0 Å². The predicted octanol–water partition coefficient (Wildman–Crippen LogP) is 10.2. The topological polar surface area (TPSA) is 12.5 Å². The SMILES string of the molecule is CCC(c1cccc(OCC2CCN(c3cc(CC(C)(C)C)ccc3CCCC(C)(C)C)CC2)c1)C1CCC1. The van der Waals surface area contributed by atoms with Crippen LogP contribution in [-0.2, 0) is 12.8 Å². The molecule has 1 atom stereocenters. The van der Waals surface area contributed by atoms with Crippen molar-refractivity contribution in [3.63, 3.8) is 0 Å². The average Bonchev–Trinajstić information content (AvgIpc) is 2.84. The molecule has 2 aliphatic rings. The van der Waals surface area contributed by atoms with Gasteiger partial charge in [-0.3, -0.25) is 0 Å². The summed E-state index contributed by atoms with van der Waals surface area (Å²) in [5, 5.41) is 0. The van der Waals surface area contributed by atoms with Crippen LogP contribution in [-0.4, -0.2) is 19.7 Å². The van der Waals surface area contributed by atoms with E-state index < -0.39 is 0 Å². The molecule has 39 heavy (non-hydrogen) atoms. The van der Waals surface area contributed by atoms with Crippen molar-refractivity contribution in [3.8, 4) is 5.75 Å². The lowest BCUT2D eigenvalue weighted by atomic mass is 9.72. The Morgan fingerprint density at radius 3 is 2.26 bits per heavy atom. The standard InChI is InChI=1S/C37H57NO/c1-8-34(30-12-9-13-30)32-14-10-16-33(25-32)39-27-28-19-22-38(23-20-28)35-24-29(26-37(5,6)7)17-18-31(35)15-11-21-36(2,3)4/h10,14,16-18,24-25,28,30,34H,8-9,11-13,15,19-23,26-27H2,1-7H3. The number of ether oxygens (including phenoxy) is 1. The molecule has 0 aromatic heterocycles. The highest BCUT2D eigenvalue weighted by atomic mass is 16.5. The number of benzene rings is 2. The summed E-state index contributed by atoms with van der Waals surface area (Å²) in [5.41, 5.74) is 6.72. The Kier molecular flexibility index (Phi) is 10.1. The molecule has 2 aromatic carbocycles. The van der Waals surface area contributed by atoms with Crippen LogP contribution >= 0.6 is 0 Å². The van der Waals surface area contributed by atoms with Crippen LogP contribution in [0.2, 0.25) is 0 Å². The van der Waals surface area contributed by atoms with Gasteiger partial charge in [-0.1, -0.05) is 79.2 Å². The zero-order valence-corrected chi connectivity index (χ0v) is 26.3. The molecule has 1 heterocycles. The van der Waals surface area contributed by atoms with Crippen LogP contribution in [0.25, 0.3) is 0 Å². The van der Waals surface area contributed by atoms with Crippen LogP contribution < -0.4 is 9.64 Å². The molecule has 2 heteroatoms. The fraction of sp³-hybridized carbons (Fsp3) is 0.676. The van der Waals surface area contributed by atoms with Gasteiger partial charge in [0, 0.05) is 18.8 Å². The van der Waals surface area contributed by atoms with Gasteiger partial charge < -0.3 is 9.64 Å². The minimum atomic E-state index is 0.307. The molecule has 0 radical (unpaired) electrons. The number of hydrogen-bond donors (Lipinski definition) is 0. The number of hydrogen-bond acceptors (Lipinski definition) is 2.